The van der Waals surface area contributed by atoms with E-state index in [2.05, 4.69) is 46.2 Å². The van der Waals surface area contributed by atoms with Crippen LogP contribution in [0.1, 0.15) is 5.56 Å². The highest BCUT2D eigenvalue weighted by Gasteiger charge is 2.03. The summed E-state index contributed by atoms with van der Waals surface area (Å²) >= 11 is 0. The van der Waals surface area contributed by atoms with Crippen LogP contribution in [0.25, 0.3) is 22.2 Å². The molecule has 1 heterocycles. The van der Waals surface area contributed by atoms with Crippen molar-refractivity contribution in [2.24, 2.45) is 0 Å². The molecule has 0 saturated heterocycles. The van der Waals surface area contributed by atoms with E-state index < -0.39 is 0 Å². The fourth-order valence-corrected chi connectivity index (χ4v) is 2.62. The van der Waals surface area contributed by atoms with Crippen molar-refractivity contribution in [2.75, 3.05) is 5.43 Å². The van der Waals surface area contributed by atoms with E-state index in [1.807, 2.05) is 42.5 Å². The molecule has 24 heavy (non-hydrogen) atoms. The molecule has 0 amide bonds. The number of nitrogens with one attached hydrogen (secondary N) is 2. The van der Waals surface area contributed by atoms with Crippen molar-refractivity contribution < 1.29 is 4.42 Å². The zero-order valence-corrected chi connectivity index (χ0v) is 13.1. The third-order valence-electron chi connectivity index (χ3n) is 3.92. The summed E-state index contributed by atoms with van der Waals surface area (Å²) in [6.45, 7) is 0.748. The van der Waals surface area contributed by atoms with Crippen molar-refractivity contribution in [3.05, 3.63) is 84.8 Å². The van der Waals surface area contributed by atoms with Crippen LogP contribution in [-0.2, 0) is 6.54 Å². The molecule has 4 aromatic rings. The van der Waals surface area contributed by atoms with Gasteiger partial charge in [0.1, 0.15) is 5.52 Å². The lowest BCUT2D eigenvalue weighted by atomic mass is 10.0. The van der Waals surface area contributed by atoms with Gasteiger partial charge in [-0.3, -0.25) is 0 Å². The van der Waals surface area contributed by atoms with Gasteiger partial charge in [0.15, 0.2) is 12.0 Å². The van der Waals surface area contributed by atoms with Gasteiger partial charge >= 0.3 is 0 Å². The first-order chi connectivity index (χ1) is 11.9. The van der Waals surface area contributed by atoms with Crippen LogP contribution in [0.4, 0.5) is 5.69 Å². The monoisotopic (exact) mass is 315 g/mol. The average Bonchev–Trinajstić information content (AvgIpc) is 3.11. The van der Waals surface area contributed by atoms with E-state index in [1.54, 1.807) is 0 Å². The number of hydrogen-bond acceptors (Lipinski definition) is 4. The molecule has 0 radical (unpaired) electrons. The molecule has 0 bridgehead atoms. The number of fused-ring (bicyclic) bond motifs is 1. The fourth-order valence-electron chi connectivity index (χ4n) is 2.62. The minimum atomic E-state index is 0.748. The molecule has 3 aromatic carbocycles. The maximum atomic E-state index is 5.28. The molecule has 0 aliphatic rings. The van der Waals surface area contributed by atoms with E-state index in [4.69, 9.17) is 4.42 Å². The lowest BCUT2D eigenvalue weighted by molar-refractivity contribution is 0.602. The topological polar surface area (TPSA) is 50.1 Å². The van der Waals surface area contributed by atoms with Gasteiger partial charge < -0.3 is 9.84 Å². The molecular weight excluding hydrogens is 298 g/mol. The predicted octanol–water partition coefficient (Wildman–Crippen LogP) is 4.61. The summed E-state index contributed by atoms with van der Waals surface area (Å²) in [5.74, 6) is 0. The maximum Gasteiger partial charge on any atom is 0.181 e. The predicted molar refractivity (Wildman–Crippen MR) is 96.3 cm³/mol. The lowest BCUT2D eigenvalue weighted by Gasteiger charge is -2.09. The van der Waals surface area contributed by atoms with Crippen LogP contribution in [-0.4, -0.2) is 4.98 Å². The Labute approximate surface area is 140 Å². The van der Waals surface area contributed by atoms with Gasteiger partial charge in [0.25, 0.3) is 0 Å². The molecule has 0 spiro atoms. The van der Waals surface area contributed by atoms with Crippen molar-refractivity contribution in [2.45, 2.75) is 6.54 Å². The van der Waals surface area contributed by atoms with Crippen LogP contribution in [0.15, 0.2) is 83.6 Å². The van der Waals surface area contributed by atoms with Gasteiger partial charge in [-0.2, -0.15) is 0 Å². The summed E-state index contributed by atoms with van der Waals surface area (Å²) in [4.78, 5) is 4.21. The Kier molecular flexibility index (Phi) is 3.96. The first kappa shape index (κ1) is 14.5. The lowest BCUT2D eigenvalue weighted by Crippen LogP contribution is -2.20. The standard InChI is InChI=1S/C20H17N3O/c1-2-4-18(5-3-1)23-22-13-15-6-8-16(9-7-15)17-10-11-20-19(12-17)21-14-24-20/h1-12,14,22-23H,13H2. The minimum absolute atomic E-state index is 0.748. The van der Waals surface area contributed by atoms with Crippen LogP contribution >= 0.6 is 0 Å². The third kappa shape index (κ3) is 3.14. The maximum absolute atomic E-state index is 5.28. The number of rotatable bonds is 5. The van der Waals surface area contributed by atoms with Gasteiger partial charge in [0.2, 0.25) is 0 Å². The highest BCUT2D eigenvalue weighted by atomic mass is 16.3. The first-order valence-electron chi connectivity index (χ1n) is 7.85. The number of nitrogens with zero attached hydrogens (tertiary/aromatic N) is 1. The zero-order valence-electron chi connectivity index (χ0n) is 13.1. The largest absolute Gasteiger partial charge is 0.443 e. The van der Waals surface area contributed by atoms with E-state index in [1.165, 1.54) is 17.5 Å². The van der Waals surface area contributed by atoms with Crippen molar-refractivity contribution >= 4 is 16.8 Å². The summed E-state index contributed by atoms with van der Waals surface area (Å²) in [5, 5.41) is 0. The van der Waals surface area contributed by atoms with E-state index >= 15 is 0 Å². The van der Waals surface area contributed by atoms with Gasteiger partial charge in [-0.15, -0.1) is 0 Å². The Morgan fingerprint density at radius 2 is 1.62 bits per heavy atom. The Hall–Kier alpha value is -3.11. The van der Waals surface area contributed by atoms with E-state index in [-0.39, 0.29) is 0 Å². The van der Waals surface area contributed by atoms with Crippen LogP contribution in [0.3, 0.4) is 0 Å². The second kappa shape index (κ2) is 6.56. The van der Waals surface area contributed by atoms with Gasteiger partial charge in [0.05, 0.1) is 0 Å². The molecule has 0 fully saturated rings. The number of hydrazine groups is 1. The molecule has 0 atom stereocenters. The van der Waals surface area contributed by atoms with E-state index in [9.17, 15) is 0 Å². The summed E-state index contributed by atoms with van der Waals surface area (Å²) < 4.78 is 5.28. The van der Waals surface area contributed by atoms with Gasteiger partial charge in [-0.1, -0.05) is 48.5 Å². The van der Waals surface area contributed by atoms with Crippen LogP contribution < -0.4 is 10.9 Å². The molecule has 0 aliphatic heterocycles. The Bertz CT molecular complexity index is 930. The first-order valence-corrected chi connectivity index (χ1v) is 7.85. The highest BCUT2D eigenvalue weighted by molar-refractivity contribution is 5.80. The summed E-state index contributed by atoms with van der Waals surface area (Å²) in [6.07, 6.45) is 1.48. The molecule has 0 saturated carbocycles. The van der Waals surface area contributed by atoms with Crippen LogP contribution in [0, 0.1) is 0 Å². The molecule has 118 valence electrons. The highest BCUT2D eigenvalue weighted by Crippen LogP contribution is 2.24. The number of oxazole rings is 1. The second-order valence-electron chi connectivity index (χ2n) is 5.58. The molecule has 4 nitrogen and oxygen atoms in total. The summed E-state index contributed by atoms with van der Waals surface area (Å²) in [6, 6.07) is 24.6. The Morgan fingerprint density at radius 1 is 0.833 bits per heavy atom. The quantitative estimate of drug-likeness (QED) is 0.528. The smallest absolute Gasteiger partial charge is 0.181 e. The van der Waals surface area contributed by atoms with Crippen LogP contribution in [0.5, 0.6) is 0 Å². The molecule has 2 N–H and O–H groups in total. The number of aromatic nitrogens is 1. The number of hydrogen-bond donors (Lipinski definition) is 2. The molecular formula is C20H17N3O. The Morgan fingerprint density at radius 3 is 2.46 bits per heavy atom. The van der Waals surface area contributed by atoms with Crippen molar-refractivity contribution in [3.8, 4) is 11.1 Å². The molecule has 0 aliphatic carbocycles. The number of anilines is 1. The summed E-state index contributed by atoms with van der Waals surface area (Å²) in [5.41, 5.74) is 12.7. The van der Waals surface area contributed by atoms with Gasteiger partial charge in [0, 0.05) is 12.2 Å². The zero-order chi connectivity index (χ0) is 16.2. The van der Waals surface area contributed by atoms with Crippen molar-refractivity contribution in [1.29, 1.82) is 0 Å². The minimum Gasteiger partial charge on any atom is -0.443 e. The van der Waals surface area contributed by atoms with E-state index in [0.29, 0.717) is 0 Å². The summed E-state index contributed by atoms with van der Waals surface area (Å²) in [7, 11) is 0. The SMILES string of the molecule is c1ccc(NNCc2ccc(-c3ccc4ocnc4c3)cc2)cc1. The average molecular weight is 315 g/mol. The van der Waals surface area contributed by atoms with E-state index in [0.717, 1.165) is 28.9 Å². The number of para-hydroxylation sites is 1. The normalized spacial score (nSPS) is 10.8. The fraction of sp³-hybridized carbons (Fsp3) is 0.0500. The van der Waals surface area contributed by atoms with Gasteiger partial charge in [-0.05, 0) is 41.0 Å². The number of benzene rings is 3. The van der Waals surface area contributed by atoms with Gasteiger partial charge in [-0.25, -0.2) is 10.4 Å². The molecule has 4 rings (SSSR count). The van der Waals surface area contributed by atoms with Crippen LogP contribution in [0.2, 0.25) is 0 Å². The molecule has 0 unspecified atom stereocenters. The molecule has 4 heteroatoms. The third-order valence-corrected chi connectivity index (χ3v) is 3.92. The van der Waals surface area contributed by atoms with Crippen molar-refractivity contribution in [3.63, 3.8) is 0 Å². The Balaban J connectivity index is 1.42. The molecule has 1 aromatic heterocycles. The second-order valence-corrected chi connectivity index (χ2v) is 5.58. The van der Waals surface area contributed by atoms with Crippen molar-refractivity contribution in [1.82, 2.24) is 10.4 Å².